The molecule has 36 heavy (non-hydrogen) atoms. The van der Waals surface area contributed by atoms with Crippen LogP contribution in [0, 0.1) is 5.82 Å². The van der Waals surface area contributed by atoms with Gasteiger partial charge in [-0.05, 0) is 53.5 Å². The van der Waals surface area contributed by atoms with Crippen LogP contribution in [0.5, 0.6) is 0 Å². The van der Waals surface area contributed by atoms with E-state index in [2.05, 4.69) is 9.69 Å². The van der Waals surface area contributed by atoms with E-state index in [1.165, 1.54) is 36.3 Å². The Kier molecular flexibility index (Phi) is 8.56. The first kappa shape index (κ1) is 26.6. The number of nitrogen functional groups attached to an aromatic ring is 1. The molecule has 1 heterocycles. The molecule has 2 aromatic carbocycles. The summed E-state index contributed by atoms with van der Waals surface area (Å²) < 4.78 is 22.7. The molecular formula is C24H27FN6O4S. The Balaban J connectivity index is 2.17. The van der Waals surface area contributed by atoms with Crippen LogP contribution in [0.2, 0.25) is 0 Å². The summed E-state index contributed by atoms with van der Waals surface area (Å²) in [7, 11) is 5.25. The Morgan fingerprint density at radius 3 is 2.22 bits per heavy atom. The van der Waals surface area contributed by atoms with Gasteiger partial charge in [-0.3, -0.25) is 19.3 Å². The third-order valence-electron chi connectivity index (χ3n) is 5.32. The fraction of sp³-hybridized carbons (Fsp3) is 0.250. The van der Waals surface area contributed by atoms with Gasteiger partial charge >= 0.3 is 0 Å². The van der Waals surface area contributed by atoms with Crippen LogP contribution < -0.4 is 26.6 Å². The molecule has 0 aliphatic rings. The van der Waals surface area contributed by atoms with Gasteiger partial charge < -0.3 is 26.4 Å². The normalized spacial score (nSPS) is 11.6. The van der Waals surface area contributed by atoms with Gasteiger partial charge in [0.2, 0.25) is 5.91 Å². The van der Waals surface area contributed by atoms with Gasteiger partial charge in [0.1, 0.15) is 16.7 Å². The fourth-order valence-electron chi connectivity index (χ4n) is 3.47. The average molecular weight is 515 g/mol. The Labute approximate surface area is 211 Å². The third kappa shape index (κ3) is 5.78. The molecule has 0 unspecified atom stereocenters. The van der Waals surface area contributed by atoms with Gasteiger partial charge in [-0.15, -0.1) is 0 Å². The highest BCUT2D eigenvalue weighted by Gasteiger charge is 2.36. The number of hydrogen-bond acceptors (Lipinski definition) is 8. The number of nitrogens with zero attached hydrogens (tertiary/aromatic N) is 3. The van der Waals surface area contributed by atoms with Gasteiger partial charge in [-0.25, -0.2) is 4.39 Å². The second-order valence-electron chi connectivity index (χ2n) is 7.96. The van der Waals surface area contributed by atoms with E-state index in [0.29, 0.717) is 17.1 Å². The Morgan fingerprint density at radius 1 is 1.08 bits per heavy atom. The maximum Gasteiger partial charge on any atom is 0.273 e. The smallest absolute Gasteiger partial charge is 0.273 e. The molecule has 190 valence electrons. The van der Waals surface area contributed by atoms with Crippen molar-refractivity contribution in [2.24, 2.45) is 5.73 Å². The number of nitrogens with one attached hydrogen (secondary N) is 1. The number of amides is 3. The first-order valence-electron chi connectivity index (χ1n) is 10.8. The number of primary amides is 1. The van der Waals surface area contributed by atoms with Crippen molar-refractivity contribution in [1.82, 2.24) is 9.69 Å². The number of carbonyl (C=O) groups is 3. The van der Waals surface area contributed by atoms with Crippen LogP contribution in [-0.2, 0) is 9.53 Å². The Morgan fingerprint density at radius 2 is 1.69 bits per heavy atom. The zero-order valence-electron chi connectivity index (χ0n) is 20.0. The molecule has 5 N–H and O–H groups in total. The number of halogens is 1. The molecule has 0 fully saturated rings. The minimum absolute atomic E-state index is 0.0762. The van der Waals surface area contributed by atoms with Crippen LogP contribution in [0.1, 0.15) is 31.8 Å². The van der Waals surface area contributed by atoms with Crippen molar-refractivity contribution in [3.63, 3.8) is 0 Å². The average Bonchev–Trinajstić information content (AvgIpc) is 3.24. The Hall–Kier alpha value is -4.03. The molecule has 0 aliphatic carbocycles. The van der Waals surface area contributed by atoms with Crippen molar-refractivity contribution in [3.8, 4) is 0 Å². The molecule has 0 saturated carbocycles. The lowest BCUT2D eigenvalue weighted by atomic mass is 10.0. The molecule has 0 saturated heterocycles. The zero-order chi connectivity index (χ0) is 26.4. The number of benzene rings is 2. The standard InChI is InChI=1S/C24H27FN6O4S/c1-30(2)16-8-4-14(5-9-16)20(23(33)28-12-13-35-3)31(17-10-6-15(25)7-11-17)24(34)21-18(26)19(22(27)32)29-36-21/h4-11,20H,12-13,26H2,1-3H3,(H2,27,32)(H,28,33)/t20-/m1/s1. The van der Waals surface area contributed by atoms with Crippen LogP contribution in [-0.4, -0.2) is 56.5 Å². The molecule has 1 aromatic heterocycles. The summed E-state index contributed by atoms with van der Waals surface area (Å²) in [6.07, 6.45) is 0. The highest BCUT2D eigenvalue weighted by Crippen LogP contribution is 2.33. The van der Waals surface area contributed by atoms with Gasteiger partial charge in [0, 0.05) is 39.1 Å². The fourth-order valence-corrected chi connectivity index (χ4v) is 4.21. The van der Waals surface area contributed by atoms with E-state index < -0.39 is 29.6 Å². The van der Waals surface area contributed by atoms with E-state index in [0.717, 1.165) is 5.69 Å². The number of aromatic nitrogens is 1. The van der Waals surface area contributed by atoms with Gasteiger partial charge in [-0.1, -0.05) is 12.1 Å². The molecule has 0 bridgehead atoms. The molecule has 0 aliphatic heterocycles. The molecule has 3 aromatic rings. The lowest BCUT2D eigenvalue weighted by molar-refractivity contribution is -0.122. The SMILES string of the molecule is COCCNC(=O)[C@@H](c1ccc(N(C)C)cc1)N(C(=O)c1snc(C(N)=O)c1N)c1ccc(F)cc1. The first-order chi connectivity index (χ1) is 17.1. The van der Waals surface area contributed by atoms with Crippen molar-refractivity contribution in [2.45, 2.75) is 6.04 Å². The topological polar surface area (TPSA) is 144 Å². The number of anilines is 3. The number of ether oxygens (including phenoxy) is 1. The van der Waals surface area contributed by atoms with E-state index >= 15 is 0 Å². The maximum atomic E-state index is 13.9. The lowest BCUT2D eigenvalue weighted by Crippen LogP contribution is -2.44. The molecule has 10 nitrogen and oxygen atoms in total. The van der Waals surface area contributed by atoms with Crippen LogP contribution in [0.3, 0.4) is 0 Å². The minimum Gasteiger partial charge on any atom is -0.395 e. The summed E-state index contributed by atoms with van der Waals surface area (Å²) in [5, 5.41) is 2.77. The predicted octanol–water partition coefficient (Wildman–Crippen LogP) is 2.18. The van der Waals surface area contributed by atoms with Gasteiger partial charge in [0.25, 0.3) is 11.8 Å². The monoisotopic (exact) mass is 514 g/mol. The van der Waals surface area contributed by atoms with E-state index in [1.54, 1.807) is 12.1 Å². The quantitative estimate of drug-likeness (QED) is 0.352. The maximum absolute atomic E-state index is 13.9. The number of carbonyl (C=O) groups excluding carboxylic acids is 3. The van der Waals surface area contributed by atoms with Crippen LogP contribution in [0.4, 0.5) is 21.5 Å². The van der Waals surface area contributed by atoms with Crippen LogP contribution in [0.15, 0.2) is 48.5 Å². The molecule has 3 rings (SSSR count). The molecule has 12 heteroatoms. The number of methoxy groups -OCH3 is 1. The molecule has 3 amide bonds. The second kappa shape index (κ2) is 11.6. The predicted molar refractivity (Wildman–Crippen MR) is 137 cm³/mol. The summed E-state index contributed by atoms with van der Waals surface area (Å²) in [6, 6.07) is 11.0. The van der Waals surface area contributed by atoms with Crippen molar-refractivity contribution in [1.29, 1.82) is 0 Å². The van der Waals surface area contributed by atoms with Gasteiger partial charge in [-0.2, -0.15) is 4.37 Å². The summed E-state index contributed by atoms with van der Waals surface area (Å²) in [6.45, 7) is 0.452. The van der Waals surface area contributed by atoms with Crippen molar-refractivity contribution >= 4 is 46.3 Å². The summed E-state index contributed by atoms with van der Waals surface area (Å²) >= 11 is 0.691. The highest BCUT2D eigenvalue weighted by atomic mass is 32.1. The van der Waals surface area contributed by atoms with Crippen LogP contribution in [0.25, 0.3) is 0 Å². The largest absolute Gasteiger partial charge is 0.395 e. The zero-order valence-corrected chi connectivity index (χ0v) is 20.8. The summed E-state index contributed by atoms with van der Waals surface area (Å²) in [5.41, 5.74) is 12.5. The third-order valence-corrected chi connectivity index (χ3v) is 6.17. The minimum atomic E-state index is -1.17. The molecule has 0 spiro atoms. The first-order valence-corrected chi connectivity index (χ1v) is 11.6. The second-order valence-corrected chi connectivity index (χ2v) is 8.74. The number of nitrogens with two attached hydrogens (primary N) is 2. The van der Waals surface area contributed by atoms with E-state index in [9.17, 15) is 18.8 Å². The van der Waals surface area contributed by atoms with Crippen molar-refractivity contribution in [3.05, 3.63) is 70.5 Å². The molecule has 1 atom stereocenters. The summed E-state index contributed by atoms with van der Waals surface area (Å²) in [4.78, 5) is 42.0. The van der Waals surface area contributed by atoms with Crippen molar-refractivity contribution in [2.75, 3.05) is 49.9 Å². The molecule has 0 radical (unpaired) electrons. The Bertz CT molecular complexity index is 1230. The van der Waals surface area contributed by atoms with Gasteiger partial charge in [0.05, 0.1) is 12.3 Å². The van der Waals surface area contributed by atoms with Crippen molar-refractivity contribution < 1.29 is 23.5 Å². The number of hydrogen-bond donors (Lipinski definition) is 3. The van der Waals surface area contributed by atoms with E-state index in [4.69, 9.17) is 16.2 Å². The lowest BCUT2D eigenvalue weighted by Gasteiger charge is -2.31. The molecular weight excluding hydrogens is 487 g/mol. The van der Waals surface area contributed by atoms with E-state index in [-0.39, 0.29) is 35.1 Å². The van der Waals surface area contributed by atoms with E-state index in [1.807, 2.05) is 31.1 Å². The highest BCUT2D eigenvalue weighted by molar-refractivity contribution is 7.09. The summed E-state index contributed by atoms with van der Waals surface area (Å²) in [5.74, 6) is -2.60. The van der Waals surface area contributed by atoms with Crippen LogP contribution >= 0.6 is 11.5 Å². The van der Waals surface area contributed by atoms with Gasteiger partial charge in [0.15, 0.2) is 5.69 Å². The number of rotatable bonds is 10.